The largest absolute Gasteiger partial charge is 0.494 e. The van der Waals surface area contributed by atoms with Crippen molar-refractivity contribution in [3.8, 4) is 5.75 Å². The first-order valence-corrected chi connectivity index (χ1v) is 9.19. The van der Waals surface area contributed by atoms with E-state index in [2.05, 4.69) is 5.32 Å². The molecule has 0 bridgehead atoms. The number of aryl methyl sites for hydroxylation is 1. The highest BCUT2D eigenvalue weighted by Gasteiger charge is 2.23. The van der Waals surface area contributed by atoms with E-state index in [1.165, 1.54) is 25.3 Å². The number of hydrogen-bond donors (Lipinski definition) is 1. The molecule has 0 aliphatic rings. The molecule has 1 atom stereocenters. The van der Waals surface area contributed by atoms with E-state index >= 15 is 0 Å². The number of nitrogens with one attached hydrogen (secondary N) is 1. The normalized spacial score (nSPS) is 12.0. The molecule has 1 N–H and O–H groups in total. The molecule has 29 heavy (non-hydrogen) atoms. The van der Waals surface area contributed by atoms with Crippen molar-refractivity contribution in [3.63, 3.8) is 0 Å². The van der Waals surface area contributed by atoms with E-state index in [-0.39, 0.29) is 11.3 Å². The first-order valence-electron chi connectivity index (χ1n) is 9.19. The number of carbonyl (C=O) groups excluding carboxylic acids is 1. The molecule has 3 aromatic carbocycles. The lowest BCUT2D eigenvalue weighted by Crippen LogP contribution is -2.31. The van der Waals surface area contributed by atoms with Gasteiger partial charge in [0.25, 0.3) is 5.91 Å². The van der Waals surface area contributed by atoms with Gasteiger partial charge >= 0.3 is 0 Å². The predicted molar refractivity (Wildman–Crippen MR) is 109 cm³/mol. The van der Waals surface area contributed by atoms with E-state index in [0.717, 1.165) is 16.6 Å². The van der Waals surface area contributed by atoms with Gasteiger partial charge < -0.3 is 14.6 Å². The number of aromatic nitrogens is 2. The number of para-hydroxylation sites is 2. The highest BCUT2D eigenvalue weighted by Crippen LogP contribution is 2.26. The van der Waals surface area contributed by atoms with Crippen molar-refractivity contribution in [3.05, 3.63) is 95.6 Å². The maximum absolute atomic E-state index is 14.1. The van der Waals surface area contributed by atoms with E-state index in [9.17, 15) is 9.18 Å². The number of rotatable bonds is 5. The minimum atomic E-state index is -0.584. The second kappa shape index (κ2) is 7.75. The van der Waals surface area contributed by atoms with Crippen molar-refractivity contribution < 1.29 is 13.9 Å². The van der Waals surface area contributed by atoms with Crippen LogP contribution in [0.15, 0.2) is 72.8 Å². The van der Waals surface area contributed by atoms with E-state index in [1.807, 2.05) is 66.2 Å². The number of fused-ring (bicyclic) bond motifs is 1. The fourth-order valence-corrected chi connectivity index (χ4v) is 3.39. The monoisotopic (exact) mass is 389 g/mol. The molecule has 6 heteroatoms. The number of nitrogens with zero attached hydrogens (tertiary/aromatic N) is 2. The third-order valence-corrected chi connectivity index (χ3v) is 4.90. The lowest BCUT2D eigenvalue weighted by Gasteiger charge is -2.19. The summed E-state index contributed by atoms with van der Waals surface area (Å²) in [6.45, 7) is 0. The number of halogens is 1. The summed E-state index contributed by atoms with van der Waals surface area (Å²) in [5.41, 5.74) is 2.90. The van der Waals surface area contributed by atoms with Crippen molar-refractivity contribution in [1.82, 2.24) is 14.9 Å². The third-order valence-electron chi connectivity index (χ3n) is 4.90. The molecule has 1 unspecified atom stereocenters. The van der Waals surface area contributed by atoms with Crippen LogP contribution in [0.4, 0.5) is 4.39 Å². The first-order chi connectivity index (χ1) is 14.1. The molecule has 0 spiro atoms. The molecule has 0 fully saturated rings. The molecule has 146 valence electrons. The van der Waals surface area contributed by atoms with Gasteiger partial charge in [0.2, 0.25) is 0 Å². The molecule has 0 aliphatic heterocycles. The van der Waals surface area contributed by atoms with Gasteiger partial charge in [-0.05, 0) is 35.9 Å². The Morgan fingerprint density at radius 3 is 2.48 bits per heavy atom. The smallest absolute Gasteiger partial charge is 0.252 e. The van der Waals surface area contributed by atoms with Crippen LogP contribution in [0.25, 0.3) is 11.0 Å². The first kappa shape index (κ1) is 18.7. The lowest BCUT2D eigenvalue weighted by atomic mass is 10.1. The van der Waals surface area contributed by atoms with Gasteiger partial charge in [0.05, 0.1) is 18.1 Å². The van der Waals surface area contributed by atoms with Gasteiger partial charge in [-0.3, -0.25) is 4.79 Å². The van der Waals surface area contributed by atoms with Gasteiger partial charge in [0, 0.05) is 12.6 Å². The summed E-state index contributed by atoms with van der Waals surface area (Å²) in [6.07, 6.45) is 0. The molecular formula is C23H20FN3O2. The average Bonchev–Trinajstić information content (AvgIpc) is 3.09. The quantitative estimate of drug-likeness (QED) is 0.555. The number of ether oxygens (including phenoxy) is 1. The molecular weight excluding hydrogens is 369 g/mol. The third kappa shape index (κ3) is 3.57. The maximum atomic E-state index is 14.1. The Labute approximate surface area is 167 Å². The molecule has 0 saturated carbocycles. The molecule has 0 saturated heterocycles. The summed E-state index contributed by atoms with van der Waals surface area (Å²) in [4.78, 5) is 17.7. The average molecular weight is 389 g/mol. The summed E-state index contributed by atoms with van der Waals surface area (Å²) in [5.74, 6) is -0.192. The van der Waals surface area contributed by atoms with Gasteiger partial charge in [0.15, 0.2) is 11.6 Å². The summed E-state index contributed by atoms with van der Waals surface area (Å²) in [6, 6.07) is 21.0. The van der Waals surface area contributed by atoms with E-state index in [0.29, 0.717) is 5.82 Å². The second-order valence-corrected chi connectivity index (χ2v) is 6.68. The highest BCUT2D eigenvalue weighted by molar-refractivity contribution is 5.95. The van der Waals surface area contributed by atoms with Crippen LogP contribution >= 0.6 is 0 Å². The van der Waals surface area contributed by atoms with Crippen LogP contribution in [0, 0.1) is 5.82 Å². The Morgan fingerprint density at radius 2 is 1.79 bits per heavy atom. The molecule has 1 heterocycles. The zero-order chi connectivity index (χ0) is 20.4. The lowest BCUT2D eigenvalue weighted by molar-refractivity contribution is 0.0940. The summed E-state index contributed by atoms with van der Waals surface area (Å²) < 4.78 is 21.0. The number of methoxy groups -OCH3 is 1. The summed E-state index contributed by atoms with van der Waals surface area (Å²) in [5, 5.41) is 3.00. The Balaban J connectivity index is 1.74. The van der Waals surface area contributed by atoms with Crippen LogP contribution in [0.1, 0.15) is 27.8 Å². The van der Waals surface area contributed by atoms with Crippen molar-refractivity contribution in [1.29, 1.82) is 0 Å². The van der Waals surface area contributed by atoms with Gasteiger partial charge in [-0.15, -0.1) is 0 Å². The zero-order valence-electron chi connectivity index (χ0n) is 16.1. The standard InChI is InChI=1S/C23H20FN3O2/c1-27-19-11-7-6-10-18(19)25-22(27)21(15-8-4-3-5-9-15)26-23(28)16-12-13-20(29-2)17(24)14-16/h3-14,21H,1-2H3,(H,26,28). The minimum Gasteiger partial charge on any atom is -0.494 e. The van der Waals surface area contributed by atoms with Crippen LogP contribution < -0.4 is 10.1 Å². The molecule has 4 aromatic rings. The SMILES string of the molecule is COc1ccc(C(=O)NC(c2ccccc2)c2nc3ccccc3n2C)cc1F. The Hall–Kier alpha value is -3.67. The van der Waals surface area contributed by atoms with Crippen molar-refractivity contribution >= 4 is 16.9 Å². The highest BCUT2D eigenvalue weighted by atomic mass is 19.1. The van der Waals surface area contributed by atoms with Crippen molar-refractivity contribution in [2.45, 2.75) is 6.04 Å². The van der Waals surface area contributed by atoms with Gasteiger partial charge in [-0.2, -0.15) is 0 Å². The maximum Gasteiger partial charge on any atom is 0.252 e. The van der Waals surface area contributed by atoms with Crippen molar-refractivity contribution in [2.75, 3.05) is 7.11 Å². The van der Waals surface area contributed by atoms with Crippen LogP contribution in [0.3, 0.4) is 0 Å². The molecule has 0 aliphatic carbocycles. The number of amides is 1. The Kier molecular flexibility index (Phi) is 4.99. The van der Waals surface area contributed by atoms with Crippen LogP contribution in [0.2, 0.25) is 0 Å². The summed E-state index contributed by atoms with van der Waals surface area (Å²) >= 11 is 0. The topological polar surface area (TPSA) is 56.1 Å². The second-order valence-electron chi connectivity index (χ2n) is 6.68. The summed E-state index contributed by atoms with van der Waals surface area (Å²) in [7, 11) is 3.30. The zero-order valence-corrected chi connectivity index (χ0v) is 16.1. The van der Waals surface area contributed by atoms with Gasteiger partial charge in [0.1, 0.15) is 11.9 Å². The van der Waals surface area contributed by atoms with Gasteiger partial charge in [-0.1, -0.05) is 42.5 Å². The Bertz CT molecular complexity index is 1170. The van der Waals surface area contributed by atoms with E-state index in [4.69, 9.17) is 9.72 Å². The number of carbonyl (C=O) groups is 1. The molecule has 4 rings (SSSR count). The molecule has 1 aromatic heterocycles. The fourth-order valence-electron chi connectivity index (χ4n) is 3.39. The van der Waals surface area contributed by atoms with Gasteiger partial charge in [-0.25, -0.2) is 9.37 Å². The Morgan fingerprint density at radius 1 is 1.07 bits per heavy atom. The van der Waals surface area contributed by atoms with Crippen molar-refractivity contribution in [2.24, 2.45) is 7.05 Å². The predicted octanol–water partition coefficient (Wildman–Crippen LogP) is 4.24. The number of imidazole rings is 1. The van der Waals surface area contributed by atoms with Crippen LogP contribution in [-0.2, 0) is 7.05 Å². The number of hydrogen-bond acceptors (Lipinski definition) is 3. The molecule has 1 amide bonds. The van der Waals surface area contributed by atoms with Crippen LogP contribution in [0.5, 0.6) is 5.75 Å². The molecule has 0 radical (unpaired) electrons. The fraction of sp³-hybridized carbons (Fsp3) is 0.130. The molecule has 5 nitrogen and oxygen atoms in total. The minimum absolute atomic E-state index is 0.0940. The van der Waals surface area contributed by atoms with Crippen LogP contribution in [-0.4, -0.2) is 22.6 Å². The van der Waals surface area contributed by atoms with E-state index in [1.54, 1.807) is 0 Å². The van der Waals surface area contributed by atoms with E-state index < -0.39 is 17.8 Å². The number of benzene rings is 3.